The minimum absolute atomic E-state index is 0.385. The van der Waals surface area contributed by atoms with Crippen LogP contribution in [-0.4, -0.2) is 15.0 Å². The van der Waals surface area contributed by atoms with Gasteiger partial charge in [0.05, 0.1) is 5.69 Å². The van der Waals surface area contributed by atoms with Crippen LogP contribution in [0.5, 0.6) is 0 Å². The Labute approximate surface area is 109 Å². The smallest absolute Gasteiger partial charge is 0.163 e. The molecule has 0 radical (unpaired) electrons. The SMILES string of the molecule is Cc1cc(C(C)C)c2c(C(C)C)nc(C)nc2n1. The Morgan fingerprint density at radius 3 is 2.11 bits per heavy atom. The van der Waals surface area contributed by atoms with E-state index in [0.29, 0.717) is 11.8 Å². The van der Waals surface area contributed by atoms with Crippen molar-refractivity contribution in [3.8, 4) is 0 Å². The van der Waals surface area contributed by atoms with E-state index >= 15 is 0 Å². The van der Waals surface area contributed by atoms with Crippen LogP contribution >= 0.6 is 0 Å². The number of pyridine rings is 1. The van der Waals surface area contributed by atoms with Crippen LogP contribution in [0.4, 0.5) is 0 Å². The minimum atomic E-state index is 0.385. The first-order valence-corrected chi connectivity index (χ1v) is 6.56. The average Bonchev–Trinajstić information content (AvgIpc) is 2.25. The van der Waals surface area contributed by atoms with Gasteiger partial charge in [0.2, 0.25) is 0 Å². The van der Waals surface area contributed by atoms with Gasteiger partial charge in [0, 0.05) is 11.1 Å². The van der Waals surface area contributed by atoms with Crippen molar-refractivity contribution in [3.05, 3.63) is 28.8 Å². The largest absolute Gasteiger partial charge is 0.237 e. The van der Waals surface area contributed by atoms with E-state index in [9.17, 15) is 0 Å². The zero-order valence-corrected chi connectivity index (χ0v) is 12.1. The molecule has 3 heteroatoms. The highest BCUT2D eigenvalue weighted by Gasteiger charge is 2.16. The van der Waals surface area contributed by atoms with Crippen molar-refractivity contribution >= 4 is 11.0 Å². The van der Waals surface area contributed by atoms with E-state index in [1.807, 2.05) is 13.8 Å². The first-order valence-electron chi connectivity index (χ1n) is 6.56. The van der Waals surface area contributed by atoms with Crippen LogP contribution in [0.1, 0.15) is 62.3 Å². The molecule has 0 atom stereocenters. The van der Waals surface area contributed by atoms with E-state index < -0.39 is 0 Å². The Bertz CT molecular complexity index is 537. The van der Waals surface area contributed by atoms with Crippen molar-refractivity contribution in [2.24, 2.45) is 0 Å². The molecule has 96 valence electrons. The second kappa shape index (κ2) is 4.63. The van der Waals surface area contributed by atoms with Gasteiger partial charge in [0.15, 0.2) is 5.65 Å². The first kappa shape index (κ1) is 12.9. The molecular weight excluding hydrogens is 222 g/mol. The molecule has 0 N–H and O–H groups in total. The van der Waals surface area contributed by atoms with Gasteiger partial charge in [-0.3, -0.25) is 0 Å². The van der Waals surface area contributed by atoms with Gasteiger partial charge < -0.3 is 0 Å². The predicted molar refractivity (Wildman–Crippen MR) is 75.0 cm³/mol. The van der Waals surface area contributed by atoms with E-state index in [0.717, 1.165) is 28.2 Å². The molecule has 2 aromatic rings. The Morgan fingerprint density at radius 1 is 0.889 bits per heavy atom. The van der Waals surface area contributed by atoms with Crippen molar-refractivity contribution < 1.29 is 0 Å². The molecule has 0 aromatic carbocycles. The molecule has 0 aliphatic carbocycles. The van der Waals surface area contributed by atoms with Gasteiger partial charge in [-0.15, -0.1) is 0 Å². The van der Waals surface area contributed by atoms with Crippen LogP contribution in [0.3, 0.4) is 0 Å². The maximum absolute atomic E-state index is 4.62. The van der Waals surface area contributed by atoms with Crippen LogP contribution in [0.25, 0.3) is 11.0 Å². The van der Waals surface area contributed by atoms with E-state index in [1.54, 1.807) is 0 Å². The molecule has 0 spiro atoms. The third-order valence-electron chi connectivity index (χ3n) is 3.13. The predicted octanol–water partition coefficient (Wildman–Crippen LogP) is 3.89. The number of hydrogen-bond donors (Lipinski definition) is 0. The molecule has 0 fully saturated rings. The third kappa shape index (κ3) is 2.22. The lowest BCUT2D eigenvalue weighted by Gasteiger charge is -2.16. The Balaban J connectivity index is 2.91. The first-order chi connectivity index (χ1) is 8.40. The number of aryl methyl sites for hydroxylation is 2. The minimum Gasteiger partial charge on any atom is -0.237 e. The Hall–Kier alpha value is -1.51. The molecule has 0 aliphatic heterocycles. The highest BCUT2D eigenvalue weighted by atomic mass is 14.9. The highest BCUT2D eigenvalue weighted by molar-refractivity contribution is 5.82. The lowest BCUT2D eigenvalue weighted by molar-refractivity contribution is 0.804. The molecule has 0 aliphatic rings. The van der Waals surface area contributed by atoms with Gasteiger partial charge in [-0.05, 0) is 37.3 Å². The fraction of sp³-hybridized carbons (Fsp3) is 0.533. The average molecular weight is 243 g/mol. The molecule has 0 amide bonds. The number of aromatic nitrogens is 3. The summed E-state index contributed by atoms with van der Waals surface area (Å²) in [6.45, 7) is 12.7. The monoisotopic (exact) mass is 243 g/mol. The number of rotatable bonds is 2. The van der Waals surface area contributed by atoms with Gasteiger partial charge in [0.1, 0.15) is 5.82 Å². The second-order valence-corrected chi connectivity index (χ2v) is 5.52. The number of hydrogen-bond acceptors (Lipinski definition) is 3. The van der Waals surface area contributed by atoms with Gasteiger partial charge in [-0.1, -0.05) is 27.7 Å². The standard InChI is InChI=1S/C15H21N3/c1-8(2)12-7-10(5)16-15-13(12)14(9(3)4)17-11(6)18-15/h7-9H,1-6H3. The quantitative estimate of drug-likeness (QED) is 0.803. The highest BCUT2D eigenvalue weighted by Crippen LogP contribution is 2.30. The second-order valence-electron chi connectivity index (χ2n) is 5.52. The molecule has 0 saturated heterocycles. The summed E-state index contributed by atoms with van der Waals surface area (Å²) < 4.78 is 0. The normalized spacial score (nSPS) is 11.8. The lowest BCUT2D eigenvalue weighted by Crippen LogP contribution is -2.05. The van der Waals surface area contributed by atoms with Gasteiger partial charge >= 0.3 is 0 Å². The Kier molecular flexibility index (Phi) is 3.33. The number of nitrogens with zero attached hydrogens (tertiary/aromatic N) is 3. The van der Waals surface area contributed by atoms with Crippen molar-refractivity contribution in [1.82, 2.24) is 15.0 Å². The van der Waals surface area contributed by atoms with Gasteiger partial charge in [-0.25, -0.2) is 15.0 Å². The Morgan fingerprint density at radius 2 is 1.56 bits per heavy atom. The molecule has 0 saturated carbocycles. The van der Waals surface area contributed by atoms with Crippen LogP contribution in [0.15, 0.2) is 6.07 Å². The van der Waals surface area contributed by atoms with Gasteiger partial charge in [-0.2, -0.15) is 0 Å². The van der Waals surface area contributed by atoms with Crippen LogP contribution in [0.2, 0.25) is 0 Å². The topological polar surface area (TPSA) is 38.7 Å². The van der Waals surface area contributed by atoms with E-state index in [4.69, 9.17) is 0 Å². The van der Waals surface area contributed by atoms with Crippen molar-refractivity contribution in [2.45, 2.75) is 53.4 Å². The van der Waals surface area contributed by atoms with Crippen LogP contribution in [-0.2, 0) is 0 Å². The van der Waals surface area contributed by atoms with Gasteiger partial charge in [0.25, 0.3) is 0 Å². The molecule has 0 bridgehead atoms. The molecule has 2 aromatic heterocycles. The molecular formula is C15H21N3. The fourth-order valence-electron chi connectivity index (χ4n) is 2.31. The summed E-state index contributed by atoms with van der Waals surface area (Å²) in [6.07, 6.45) is 0. The zero-order valence-electron chi connectivity index (χ0n) is 12.1. The lowest BCUT2D eigenvalue weighted by atomic mass is 9.95. The molecule has 2 rings (SSSR count). The fourth-order valence-corrected chi connectivity index (χ4v) is 2.31. The summed E-state index contributed by atoms with van der Waals surface area (Å²) in [4.78, 5) is 13.7. The van der Waals surface area contributed by atoms with Crippen molar-refractivity contribution in [2.75, 3.05) is 0 Å². The van der Waals surface area contributed by atoms with E-state index in [2.05, 4.69) is 48.7 Å². The van der Waals surface area contributed by atoms with Crippen molar-refractivity contribution in [1.29, 1.82) is 0 Å². The summed E-state index contributed by atoms with van der Waals surface area (Å²) in [5.41, 5.74) is 4.30. The number of fused-ring (bicyclic) bond motifs is 1. The molecule has 0 unspecified atom stereocenters. The summed E-state index contributed by atoms with van der Waals surface area (Å²) in [6, 6.07) is 2.16. The summed E-state index contributed by atoms with van der Waals surface area (Å²) in [7, 11) is 0. The summed E-state index contributed by atoms with van der Waals surface area (Å²) >= 11 is 0. The molecule has 2 heterocycles. The molecule has 3 nitrogen and oxygen atoms in total. The maximum atomic E-state index is 4.62. The van der Waals surface area contributed by atoms with Crippen molar-refractivity contribution in [3.63, 3.8) is 0 Å². The third-order valence-corrected chi connectivity index (χ3v) is 3.13. The van der Waals surface area contributed by atoms with E-state index in [1.165, 1.54) is 5.56 Å². The summed E-state index contributed by atoms with van der Waals surface area (Å²) in [5.74, 6) is 1.65. The van der Waals surface area contributed by atoms with Crippen LogP contribution in [0, 0.1) is 13.8 Å². The maximum Gasteiger partial charge on any atom is 0.163 e. The van der Waals surface area contributed by atoms with E-state index in [-0.39, 0.29) is 0 Å². The van der Waals surface area contributed by atoms with Crippen LogP contribution < -0.4 is 0 Å². The zero-order chi connectivity index (χ0) is 13.4. The summed E-state index contributed by atoms with van der Waals surface area (Å²) in [5, 5.41) is 1.15. The molecule has 18 heavy (non-hydrogen) atoms.